The zero-order chi connectivity index (χ0) is 54.3. The number of carbonyl (C=O) groups is 3. The van der Waals surface area contributed by atoms with Crippen molar-refractivity contribution in [2.24, 2.45) is 12.5 Å². The first-order valence-corrected chi connectivity index (χ1v) is 30.0. The van der Waals surface area contributed by atoms with Crippen molar-refractivity contribution in [1.82, 2.24) is 45.2 Å². The third-order valence-electron chi connectivity index (χ3n) is 13.9. The second-order valence-corrected chi connectivity index (χ2v) is 26.0. The van der Waals surface area contributed by atoms with Crippen LogP contribution in [-0.2, 0) is 32.5 Å². The maximum atomic E-state index is 14.2. The zero-order valence-electron chi connectivity index (χ0n) is 44.6. The number of hydrogen-bond acceptors (Lipinski definition) is 15. The lowest BCUT2D eigenvalue weighted by atomic mass is 9.85. The number of halogens is 1. The van der Waals surface area contributed by atoms with Crippen molar-refractivity contribution in [3.63, 3.8) is 0 Å². The summed E-state index contributed by atoms with van der Waals surface area (Å²) in [4.78, 5) is 62.2. The highest BCUT2D eigenvalue weighted by Gasteiger charge is 2.44. The van der Waals surface area contributed by atoms with Crippen LogP contribution in [0.15, 0.2) is 89.2 Å². The number of amides is 3. The van der Waals surface area contributed by atoms with E-state index >= 15 is 0 Å². The van der Waals surface area contributed by atoms with Gasteiger partial charge in [0.05, 0.1) is 45.7 Å². The highest BCUT2D eigenvalue weighted by atomic mass is 79.9. The fraction of sp³-hybridized carbons (Fsp3) is 0.436. The number of aryl methyl sites for hydroxylation is 2. The van der Waals surface area contributed by atoms with E-state index in [1.54, 1.807) is 42.7 Å². The highest BCUT2D eigenvalue weighted by Crippen LogP contribution is 2.41. The number of rotatable bonds is 20. The summed E-state index contributed by atoms with van der Waals surface area (Å²) in [5, 5.41) is 28.6. The molecule has 76 heavy (non-hydrogen) atoms. The van der Waals surface area contributed by atoms with Crippen molar-refractivity contribution in [3.05, 3.63) is 100 Å². The van der Waals surface area contributed by atoms with Gasteiger partial charge in [0.15, 0.2) is 0 Å². The molecule has 0 radical (unpaired) electrons. The minimum Gasteiger partial charge on any atom is -0.494 e. The zero-order valence-corrected chi connectivity index (χ0v) is 47.9. The molecule has 404 valence electrons. The van der Waals surface area contributed by atoms with Crippen LogP contribution in [0.2, 0.25) is 0 Å². The summed E-state index contributed by atoms with van der Waals surface area (Å²) < 4.78 is 21.2. The molecule has 5 heterocycles. The minimum absolute atomic E-state index is 0.0198. The van der Waals surface area contributed by atoms with Crippen LogP contribution in [-0.4, -0.2) is 135 Å². The third kappa shape index (κ3) is 14.0. The second kappa shape index (κ2) is 24.4. The van der Waals surface area contributed by atoms with Crippen LogP contribution < -0.4 is 36.2 Å². The van der Waals surface area contributed by atoms with Gasteiger partial charge < -0.3 is 45.5 Å². The Morgan fingerprint density at radius 3 is 2.39 bits per heavy atom. The number of piperazine rings is 1. The predicted molar refractivity (Wildman–Crippen MR) is 306 cm³/mol. The molecule has 6 aromatic rings. The lowest BCUT2D eigenvalue weighted by molar-refractivity contribution is -0.144. The van der Waals surface area contributed by atoms with E-state index in [-0.39, 0.29) is 43.7 Å². The summed E-state index contributed by atoms with van der Waals surface area (Å²) in [6.45, 7) is 15.7. The molecule has 5 N–H and O–H groups in total. The van der Waals surface area contributed by atoms with Gasteiger partial charge in [-0.05, 0) is 90.3 Å². The number of methoxy groups -OCH3 is 1. The number of likely N-dealkylation sites (tertiary alicyclic amines) is 1. The lowest BCUT2D eigenvalue weighted by Gasteiger charge is -2.37. The van der Waals surface area contributed by atoms with E-state index in [0.29, 0.717) is 34.1 Å². The molecule has 2 aliphatic heterocycles. The molecule has 0 aliphatic carbocycles. The van der Waals surface area contributed by atoms with Gasteiger partial charge in [-0.25, -0.2) is 9.97 Å². The standard InChI is InChI=1S/C55H70BrN12O6PS/c1-35-49(76-34-59-35)37-18-16-36(17-19-37)29-57-52(71)46-26-40(69)33-68(46)53(72)50(55(2,3)4)63-48(70)15-10-9-11-20-66-21-23-67(24-22-66)45-28-47(74-6)44(27-42(45)38-30-60-65(5)32-38)62-54-58-31-43(56)51(64-54)61-39-13-12-14-41(25-39)75(7,8)73/h12-14,16-19,25,27-28,30-32,34,40,46,50,69H,9-11,15,20-24,26,29,33H2,1-8H3,(H,57,71)(H,63,70)(H2,58,61,62,64)/t40-,46+,50-/m1/s1. The van der Waals surface area contributed by atoms with E-state index in [2.05, 4.69) is 74.2 Å². The molecule has 3 amide bonds. The van der Waals surface area contributed by atoms with Gasteiger partial charge in [0.25, 0.3) is 0 Å². The van der Waals surface area contributed by atoms with Crippen molar-refractivity contribution < 1.29 is 28.8 Å². The highest BCUT2D eigenvalue weighted by molar-refractivity contribution is 9.10. The van der Waals surface area contributed by atoms with Crippen LogP contribution >= 0.6 is 34.4 Å². The number of anilines is 5. The summed E-state index contributed by atoms with van der Waals surface area (Å²) in [7, 11) is 1.08. The Balaban J connectivity index is 0.822. The molecule has 3 aromatic carbocycles. The summed E-state index contributed by atoms with van der Waals surface area (Å²) >= 11 is 5.16. The van der Waals surface area contributed by atoms with Gasteiger partial charge in [0.2, 0.25) is 23.7 Å². The Morgan fingerprint density at radius 1 is 0.961 bits per heavy atom. The number of hydrogen-bond donors (Lipinski definition) is 5. The molecule has 0 unspecified atom stereocenters. The molecule has 0 saturated carbocycles. The van der Waals surface area contributed by atoms with E-state index < -0.39 is 30.7 Å². The van der Waals surface area contributed by atoms with Gasteiger partial charge in [-0.15, -0.1) is 11.3 Å². The van der Waals surface area contributed by atoms with Gasteiger partial charge in [0.1, 0.15) is 30.8 Å². The summed E-state index contributed by atoms with van der Waals surface area (Å²) in [6, 6.07) is 17.8. The number of ether oxygens (including phenoxy) is 1. The van der Waals surface area contributed by atoms with Crippen LogP contribution in [0, 0.1) is 12.3 Å². The van der Waals surface area contributed by atoms with Crippen LogP contribution in [0.4, 0.5) is 28.8 Å². The van der Waals surface area contributed by atoms with Crippen LogP contribution in [0.3, 0.4) is 0 Å². The van der Waals surface area contributed by atoms with Gasteiger partial charge in [-0.3, -0.25) is 24.0 Å². The van der Waals surface area contributed by atoms with E-state index in [0.717, 1.165) is 95.1 Å². The average molecular weight is 1140 g/mol. The first-order chi connectivity index (χ1) is 36.2. The molecule has 2 fully saturated rings. The van der Waals surface area contributed by atoms with E-state index in [1.165, 1.54) is 4.90 Å². The fourth-order valence-electron chi connectivity index (χ4n) is 9.60. The number of thiazole rings is 1. The van der Waals surface area contributed by atoms with Crippen LogP contribution in [0.1, 0.15) is 64.1 Å². The largest absolute Gasteiger partial charge is 0.494 e. The molecular weight excluding hydrogens is 1070 g/mol. The number of nitrogens with zero attached hydrogens (tertiary/aromatic N) is 8. The van der Waals surface area contributed by atoms with E-state index in [4.69, 9.17) is 9.72 Å². The van der Waals surface area contributed by atoms with Crippen LogP contribution in [0.25, 0.3) is 21.6 Å². The molecule has 3 atom stereocenters. The summed E-state index contributed by atoms with van der Waals surface area (Å²) in [5.41, 5.74) is 8.52. The summed E-state index contributed by atoms with van der Waals surface area (Å²) in [5.74, 6) is 0.598. The first-order valence-electron chi connectivity index (χ1n) is 25.7. The molecule has 0 bridgehead atoms. The topological polar surface area (TPSA) is 212 Å². The first kappa shape index (κ1) is 56.0. The van der Waals surface area contributed by atoms with Crippen LogP contribution in [0.5, 0.6) is 5.75 Å². The Kier molecular flexibility index (Phi) is 18.0. The molecule has 3 aromatic heterocycles. The Morgan fingerprint density at radius 2 is 1.72 bits per heavy atom. The van der Waals surface area contributed by atoms with Gasteiger partial charge in [-0.1, -0.05) is 63.6 Å². The van der Waals surface area contributed by atoms with Gasteiger partial charge in [-0.2, -0.15) is 10.1 Å². The maximum Gasteiger partial charge on any atom is 0.246 e. The van der Waals surface area contributed by atoms with Crippen molar-refractivity contribution in [1.29, 1.82) is 0 Å². The van der Waals surface area contributed by atoms with Gasteiger partial charge in [0, 0.05) is 105 Å². The molecule has 18 nitrogen and oxygen atoms in total. The van der Waals surface area contributed by atoms with Crippen molar-refractivity contribution >= 4 is 86.3 Å². The number of β-amino-alcohol motifs (C(OH)–C–C–N with tert-alkyl or cyclic N) is 1. The predicted octanol–water partition coefficient (Wildman–Crippen LogP) is 8.31. The monoisotopic (exact) mass is 1140 g/mol. The minimum atomic E-state index is -2.46. The second-order valence-electron chi connectivity index (χ2n) is 21.1. The van der Waals surface area contributed by atoms with Gasteiger partial charge >= 0.3 is 0 Å². The normalized spacial score (nSPS) is 16.6. The number of aliphatic hydroxyl groups excluding tert-OH is 1. The Hall–Kier alpha value is -6.18. The smallest absolute Gasteiger partial charge is 0.246 e. The molecule has 8 rings (SSSR count). The van der Waals surface area contributed by atoms with Crippen molar-refractivity contribution in [2.75, 3.05) is 75.2 Å². The fourth-order valence-corrected chi connectivity index (χ4v) is 11.6. The molecule has 2 saturated heterocycles. The SMILES string of the molecule is COc1cc(N2CCN(CCCCCC(=O)N[C@H](C(=O)N3C[C@H](O)C[C@H]3C(=O)NCc3ccc(-c4scnc4C)cc3)C(C)(C)C)CC2)c(-c2cnn(C)c2)cc1Nc1ncc(Br)c(Nc2cccc(P(C)(C)=O)c2)n1. The number of benzene rings is 3. The van der Waals surface area contributed by atoms with E-state index in [9.17, 15) is 24.1 Å². The Bertz CT molecular complexity index is 3060. The molecule has 0 spiro atoms. The van der Waals surface area contributed by atoms with Crippen molar-refractivity contribution in [3.8, 4) is 27.3 Å². The number of unbranched alkanes of at least 4 members (excludes halogenated alkanes) is 2. The number of aromatic nitrogens is 5. The summed E-state index contributed by atoms with van der Waals surface area (Å²) in [6.07, 6.45) is 7.51. The third-order valence-corrected chi connectivity index (χ3v) is 16.9. The average Bonchev–Trinajstić information content (AvgIpc) is 4.15. The number of carbonyl (C=O) groups excluding carboxylic acids is 3. The lowest BCUT2D eigenvalue weighted by Crippen LogP contribution is -2.57. The molecule has 2 aliphatic rings. The number of nitrogens with one attached hydrogen (secondary N) is 4. The molecular formula is C55H70BrN12O6PS. The van der Waals surface area contributed by atoms with E-state index in [1.807, 2.05) is 101 Å². The maximum absolute atomic E-state index is 14.2. The van der Waals surface area contributed by atoms with Crippen molar-refractivity contribution in [2.45, 2.75) is 84.5 Å². The Labute approximate surface area is 457 Å². The molecule has 21 heteroatoms. The quantitative estimate of drug-likeness (QED) is 0.0360. The number of aliphatic hydroxyl groups is 1.